The summed E-state index contributed by atoms with van der Waals surface area (Å²) >= 11 is 7.00. The van der Waals surface area contributed by atoms with Crippen molar-refractivity contribution >= 4 is 38.9 Å². The minimum atomic E-state index is -3.87. The van der Waals surface area contributed by atoms with Crippen LogP contribution in [0.5, 0.6) is 5.19 Å². The van der Waals surface area contributed by atoms with Gasteiger partial charge in [0.05, 0.1) is 16.5 Å². The number of amides is 1. The molecule has 7 nitrogen and oxygen atoms in total. The monoisotopic (exact) mass is 433 g/mol. The molecular weight excluding hydrogens is 417 g/mol. The van der Waals surface area contributed by atoms with E-state index < -0.39 is 15.8 Å². The third-order valence-corrected chi connectivity index (χ3v) is 6.42. The van der Waals surface area contributed by atoms with Crippen molar-refractivity contribution in [2.45, 2.75) is 23.8 Å². The van der Waals surface area contributed by atoms with Crippen LogP contribution in [0, 0.1) is 5.82 Å². The highest BCUT2D eigenvalue weighted by Gasteiger charge is 2.28. The molecule has 0 spiro atoms. The number of ether oxygens (including phenoxy) is 1. The molecule has 0 saturated carbocycles. The lowest BCUT2D eigenvalue weighted by Crippen LogP contribution is -2.34. The maximum atomic E-state index is 13.2. The molecule has 2 heterocycles. The number of benzene rings is 1. The largest absolute Gasteiger partial charge is 0.465 e. The van der Waals surface area contributed by atoms with Crippen molar-refractivity contribution in [2.24, 2.45) is 0 Å². The average Bonchev–Trinajstić information content (AvgIpc) is 3.29. The molecule has 1 atom stereocenters. The summed E-state index contributed by atoms with van der Waals surface area (Å²) in [5, 5.41) is 2.10. The molecule has 1 aromatic carbocycles. The van der Waals surface area contributed by atoms with E-state index in [4.69, 9.17) is 16.3 Å². The van der Waals surface area contributed by atoms with Crippen LogP contribution in [0.3, 0.4) is 0 Å². The Balaban J connectivity index is 1.47. The van der Waals surface area contributed by atoms with E-state index in [-0.39, 0.29) is 34.9 Å². The van der Waals surface area contributed by atoms with Gasteiger partial charge in [-0.1, -0.05) is 22.9 Å². The third-order valence-electron chi connectivity index (χ3n) is 4.01. The summed E-state index contributed by atoms with van der Waals surface area (Å²) in [6.45, 7) is 0.929. The number of halogens is 2. The molecule has 1 aromatic heterocycles. The molecule has 146 valence electrons. The standard InChI is InChI=1S/C16H17ClFN3O4S2/c17-13-9-12(1-2-14(13)18)27(23,24)20-5-3-15(22)21-7-4-11(10-21)25-16-19-6-8-26-16/h1-2,6,8-9,11,20H,3-5,7,10H2. The number of nitrogens with one attached hydrogen (secondary N) is 1. The normalized spacial score (nSPS) is 17.3. The summed E-state index contributed by atoms with van der Waals surface area (Å²) in [6, 6.07) is 3.13. The van der Waals surface area contributed by atoms with Crippen molar-refractivity contribution in [3.05, 3.63) is 40.6 Å². The maximum absolute atomic E-state index is 13.2. The lowest BCUT2D eigenvalue weighted by atomic mass is 10.3. The molecule has 1 aliphatic rings. The van der Waals surface area contributed by atoms with Gasteiger partial charge < -0.3 is 9.64 Å². The minimum absolute atomic E-state index is 0.0120. The molecule has 3 rings (SSSR count). The average molecular weight is 434 g/mol. The van der Waals surface area contributed by atoms with E-state index in [1.165, 1.54) is 11.3 Å². The smallest absolute Gasteiger partial charge is 0.273 e. The number of sulfonamides is 1. The van der Waals surface area contributed by atoms with Crippen molar-refractivity contribution in [3.63, 3.8) is 0 Å². The quantitative estimate of drug-likeness (QED) is 0.723. The van der Waals surface area contributed by atoms with Crippen LogP contribution in [0.4, 0.5) is 4.39 Å². The summed E-state index contributed by atoms with van der Waals surface area (Å²) in [5.41, 5.74) is 0. The van der Waals surface area contributed by atoms with E-state index in [0.29, 0.717) is 24.7 Å². The Bertz CT molecular complexity index is 908. The lowest BCUT2D eigenvalue weighted by molar-refractivity contribution is -0.130. The van der Waals surface area contributed by atoms with Gasteiger partial charge >= 0.3 is 0 Å². The first-order valence-electron chi connectivity index (χ1n) is 8.14. The molecule has 2 aromatic rings. The number of carbonyl (C=O) groups is 1. The van der Waals surface area contributed by atoms with Crippen molar-refractivity contribution in [1.29, 1.82) is 0 Å². The van der Waals surface area contributed by atoms with E-state index in [1.807, 2.05) is 5.38 Å². The predicted molar refractivity (Wildman–Crippen MR) is 98.9 cm³/mol. The molecule has 1 saturated heterocycles. The Morgan fingerprint density at radius 3 is 3.00 bits per heavy atom. The van der Waals surface area contributed by atoms with Gasteiger partial charge in [-0.2, -0.15) is 0 Å². The van der Waals surface area contributed by atoms with Gasteiger partial charge in [0.1, 0.15) is 11.9 Å². The number of hydrogen-bond donors (Lipinski definition) is 1. The molecule has 0 aliphatic carbocycles. The molecule has 1 unspecified atom stereocenters. The predicted octanol–water partition coefficient (Wildman–Crippen LogP) is 2.28. The number of thiazole rings is 1. The van der Waals surface area contributed by atoms with Crippen molar-refractivity contribution in [1.82, 2.24) is 14.6 Å². The molecule has 27 heavy (non-hydrogen) atoms. The molecule has 11 heteroatoms. The molecule has 1 aliphatic heterocycles. The van der Waals surface area contributed by atoms with Crippen LogP contribution in [0.15, 0.2) is 34.7 Å². The van der Waals surface area contributed by atoms with Crippen LogP contribution in [0.25, 0.3) is 0 Å². The number of likely N-dealkylation sites (tertiary alicyclic amines) is 1. The number of rotatable bonds is 7. The Labute approximate surface area is 165 Å². The van der Waals surface area contributed by atoms with Gasteiger partial charge in [0.25, 0.3) is 5.19 Å². The van der Waals surface area contributed by atoms with Gasteiger partial charge in [0.15, 0.2) is 0 Å². The topological polar surface area (TPSA) is 88.6 Å². The Hall–Kier alpha value is -1.75. The lowest BCUT2D eigenvalue weighted by Gasteiger charge is -2.16. The van der Waals surface area contributed by atoms with E-state index in [1.54, 1.807) is 11.1 Å². The minimum Gasteiger partial charge on any atom is -0.465 e. The number of carbonyl (C=O) groups excluding carboxylic acids is 1. The van der Waals surface area contributed by atoms with Crippen molar-refractivity contribution in [3.8, 4) is 5.19 Å². The number of nitrogens with zero attached hydrogens (tertiary/aromatic N) is 2. The van der Waals surface area contributed by atoms with Gasteiger partial charge in [-0.15, -0.1) is 0 Å². The molecule has 1 N–H and O–H groups in total. The van der Waals surface area contributed by atoms with Crippen LogP contribution >= 0.6 is 22.9 Å². The van der Waals surface area contributed by atoms with E-state index in [2.05, 4.69) is 9.71 Å². The van der Waals surface area contributed by atoms with Crippen molar-refractivity contribution in [2.75, 3.05) is 19.6 Å². The first-order valence-corrected chi connectivity index (χ1v) is 10.9. The van der Waals surface area contributed by atoms with Gasteiger partial charge in [-0.25, -0.2) is 22.5 Å². The Morgan fingerprint density at radius 1 is 1.48 bits per heavy atom. The highest BCUT2D eigenvalue weighted by Crippen LogP contribution is 2.21. The second-order valence-electron chi connectivity index (χ2n) is 5.89. The fourth-order valence-electron chi connectivity index (χ4n) is 2.64. The molecular formula is C16H17ClFN3O4S2. The second-order valence-corrected chi connectivity index (χ2v) is 8.92. The fourth-order valence-corrected chi connectivity index (χ4v) is 4.49. The first kappa shape index (κ1) is 20.0. The van der Waals surface area contributed by atoms with E-state index in [0.717, 1.165) is 18.2 Å². The van der Waals surface area contributed by atoms with Gasteiger partial charge in [-0.3, -0.25) is 4.79 Å². The maximum Gasteiger partial charge on any atom is 0.273 e. The Morgan fingerprint density at radius 2 is 2.30 bits per heavy atom. The van der Waals surface area contributed by atoms with Crippen LogP contribution in [-0.4, -0.2) is 49.9 Å². The molecule has 0 radical (unpaired) electrons. The molecule has 1 amide bonds. The van der Waals surface area contributed by atoms with Gasteiger partial charge in [0.2, 0.25) is 15.9 Å². The summed E-state index contributed by atoms with van der Waals surface area (Å²) in [6.07, 6.45) is 2.25. The van der Waals surface area contributed by atoms with Crippen LogP contribution < -0.4 is 9.46 Å². The summed E-state index contributed by atoms with van der Waals surface area (Å²) in [7, 11) is -3.87. The van der Waals surface area contributed by atoms with Crippen molar-refractivity contribution < 1.29 is 22.3 Å². The highest BCUT2D eigenvalue weighted by molar-refractivity contribution is 7.89. The third kappa shape index (κ3) is 5.16. The summed E-state index contributed by atoms with van der Waals surface area (Å²) < 4.78 is 45.5. The zero-order valence-corrected chi connectivity index (χ0v) is 16.5. The first-order chi connectivity index (χ1) is 12.8. The fraction of sp³-hybridized carbons (Fsp3) is 0.375. The van der Waals surface area contributed by atoms with Gasteiger partial charge in [0, 0.05) is 37.5 Å². The van der Waals surface area contributed by atoms with Crippen LogP contribution in [0.1, 0.15) is 12.8 Å². The summed E-state index contributed by atoms with van der Waals surface area (Å²) in [5.74, 6) is -0.866. The van der Waals surface area contributed by atoms with Gasteiger partial charge in [-0.05, 0) is 18.2 Å². The number of aromatic nitrogens is 1. The Kier molecular flexibility index (Phi) is 6.30. The zero-order chi connectivity index (χ0) is 19.4. The molecule has 1 fully saturated rings. The number of hydrogen-bond acceptors (Lipinski definition) is 6. The van der Waals surface area contributed by atoms with Crippen LogP contribution in [0.2, 0.25) is 5.02 Å². The molecule has 0 bridgehead atoms. The van der Waals surface area contributed by atoms with Crippen LogP contribution in [-0.2, 0) is 14.8 Å². The van der Waals surface area contributed by atoms with E-state index in [9.17, 15) is 17.6 Å². The zero-order valence-electron chi connectivity index (χ0n) is 14.1. The highest BCUT2D eigenvalue weighted by atomic mass is 35.5. The summed E-state index contributed by atoms with van der Waals surface area (Å²) in [4.78, 5) is 17.8. The SMILES string of the molecule is O=C(CCNS(=O)(=O)c1ccc(F)c(Cl)c1)N1CCC(Oc2nccs2)C1. The second kappa shape index (κ2) is 8.51. The van der Waals surface area contributed by atoms with E-state index >= 15 is 0 Å².